The van der Waals surface area contributed by atoms with Crippen LogP contribution >= 0.6 is 0 Å². The maximum atomic E-state index is 12.9. The molecule has 140 valence electrons. The van der Waals surface area contributed by atoms with Crippen molar-refractivity contribution in [1.82, 2.24) is 9.78 Å². The van der Waals surface area contributed by atoms with Crippen LogP contribution in [0.5, 0.6) is 0 Å². The Balaban J connectivity index is 1.74. The average molecular weight is 369 g/mol. The van der Waals surface area contributed by atoms with Crippen LogP contribution in [0.25, 0.3) is 5.69 Å². The highest BCUT2D eigenvalue weighted by Crippen LogP contribution is 2.47. The van der Waals surface area contributed by atoms with Gasteiger partial charge in [-0.25, -0.2) is 4.68 Å². The lowest BCUT2D eigenvalue weighted by molar-refractivity contribution is -0.116. The van der Waals surface area contributed by atoms with Crippen molar-refractivity contribution in [1.29, 1.82) is 0 Å². The lowest BCUT2D eigenvalue weighted by Crippen LogP contribution is -2.27. The minimum atomic E-state index is -0.0561. The number of rotatable bonds is 2. The first kappa shape index (κ1) is 17.0. The molecule has 28 heavy (non-hydrogen) atoms. The topological polar surface area (TPSA) is 46.9 Å². The molecule has 4 nitrogen and oxygen atoms in total. The van der Waals surface area contributed by atoms with Gasteiger partial charge in [0.25, 0.3) is 0 Å². The molecule has 1 aliphatic carbocycles. The highest BCUT2D eigenvalue weighted by atomic mass is 16.1. The van der Waals surface area contributed by atoms with Gasteiger partial charge in [-0.1, -0.05) is 48.0 Å². The minimum absolute atomic E-state index is 0.0561. The van der Waals surface area contributed by atoms with Gasteiger partial charge in [-0.3, -0.25) is 4.79 Å². The summed E-state index contributed by atoms with van der Waals surface area (Å²) < 4.78 is 1.99. The van der Waals surface area contributed by atoms with E-state index in [1.54, 1.807) is 0 Å². The largest absolute Gasteiger partial charge is 0.343 e. The van der Waals surface area contributed by atoms with Crippen molar-refractivity contribution >= 4 is 11.6 Å². The van der Waals surface area contributed by atoms with Crippen molar-refractivity contribution in [2.75, 3.05) is 5.32 Å². The first-order valence-corrected chi connectivity index (χ1v) is 9.88. The lowest BCUT2D eigenvalue weighted by Gasteiger charge is -2.33. The molecule has 5 rings (SSSR count). The van der Waals surface area contributed by atoms with E-state index in [-0.39, 0.29) is 11.7 Å². The standard InChI is InChI=1S/C24H23N3O/c1-15-11-13-18(14-12-15)27-24-21(16(2)26-27)22(17-7-4-3-5-8-17)23-19(25-24)9-6-10-20(23)28/h3-5,7-8,11-14,22,25H,6,9-10H2,1-2H3/t22-/m0/s1. The molecule has 0 fully saturated rings. The average Bonchev–Trinajstić information content (AvgIpc) is 3.04. The van der Waals surface area contributed by atoms with E-state index >= 15 is 0 Å². The number of carbonyl (C=O) groups excluding carboxylic acids is 1. The zero-order valence-corrected chi connectivity index (χ0v) is 16.2. The van der Waals surface area contributed by atoms with Crippen LogP contribution in [0.2, 0.25) is 0 Å². The number of benzene rings is 2. The number of nitrogens with one attached hydrogen (secondary N) is 1. The third-order valence-electron chi connectivity index (χ3n) is 5.82. The Kier molecular flexibility index (Phi) is 3.93. The number of Topliss-reactive ketones (excluding diaryl/α,β-unsaturated/α-hetero) is 1. The van der Waals surface area contributed by atoms with E-state index in [1.807, 2.05) is 29.8 Å². The van der Waals surface area contributed by atoms with E-state index in [4.69, 9.17) is 5.10 Å². The SMILES string of the molecule is Cc1ccc(-n2nc(C)c3c2NC2=C(C(=O)CCC2)[C@H]3c2ccccc2)cc1. The summed E-state index contributed by atoms with van der Waals surface area (Å²) in [5.41, 5.74) is 7.46. The fraction of sp³-hybridized carbons (Fsp3) is 0.250. The van der Waals surface area contributed by atoms with E-state index in [1.165, 1.54) is 5.56 Å². The van der Waals surface area contributed by atoms with Crippen LogP contribution in [0, 0.1) is 13.8 Å². The fourth-order valence-electron chi connectivity index (χ4n) is 4.47. The lowest BCUT2D eigenvalue weighted by atomic mass is 9.76. The summed E-state index contributed by atoms with van der Waals surface area (Å²) >= 11 is 0. The van der Waals surface area contributed by atoms with Crippen molar-refractivity contribution in [2.24, 2.45) is 0 Å². The summed E-state index contributed by atoms with van der Waals surface area (Å²) in [6.45, 7) is 4.13. The molecule has 0 radical (unpaired) electrons. The molecule has 0 spiro atoms. The smallest absolute Gasteiger partial charge is 0.161 e. The molecule has 1 aromatic heterocycles. The third kappa shape index (κ3) is 2.60. The van der Waals surface area contributed by atoms with Crippen molar-refractivity contribution in [3.63, 3.8) is 0 Å². The van der Waals surface area contributed by atoms with Crippen molar-refractivity contribution in [3.8, 4) is 5.69 Å². The molecule has 0 amide bonds. The minimum Gasteiger partial charge on any atom is -0.343 e. The number of aryl methyl sites for hydroxylation is 2. The van der Waals surface area contributed by atoms with Crippen molar-refractivity contribution in [2.45, 2.75) is 39.0 Å². The number of anilines is 1. The zero-order valence-electron chi connectivity index (χ0n) is 16.2. The molecule has 1 aliphatic heterocycles. The number of carbonyl (C=O) groups is 1. The Hall–Kier alpha value is -3.14. The summed E-state index contributed by atoms with van der Waals surface area (Å²) in [5.74, 6) is 1.19. The molecule has 2 aliphatic rings. The van der Waals surface area contributed by atoms with Gasteiger partial charge in [-0.15, -0.1) is 0 Å². The molecular weight excluding hydrogens is 346 g/mol. The maximum Gasteiger partial charge on any atom is 0.161 e. The Labute approximate surface area is 164 Å². The number of allylic oxidation sites excluding steroid dienone is 2. The molecule has 2 heterocycles. The predicted molar refractivity (Wildman–Crippen MR) is 111 cm³/mol. The first-order valence-electron chi connectivity index (χ1n) is 9.88. The van der Waals surface area contributed by atoms with Gasteiger partial charge >= 0.3 is 0 Å². The predicted octanol–water partition coefficient (Wildman–Crippen LogP) is 5.05. The van der Waals surface area contributed by atoms with Gasteiger partial charge in [0.1, 0.15) is 5.82 Å². The van der Waals surface area contributed by atoms with E-state index in [0.29, 0.717) is 6.42 Å². The van der Waals surface area contributed by atoms with Gasteiger partial charge < -0.3 is 5.32 Å². The molecule has 0 bridgehead atoms. The van der Waals surface area contributed by atoms with Gasteiger partial charge in [0, 0.05) is 29.2 Å². The van der Waals surface area contributed by atoms with Crippen molar-refractivity contribution in [3.05, 3.63) is 88.3 Å². The summed E-state index contributed by atoms with van der Waals surface area (Å²) in [7, 11) is 0. The number of ketones is 1. The van der Waals surface area contributed by atoms with E-state index in [0.717, 1.165) is 52.4 Å². The molecule has 1 atom stereocenters. The van der Waals surface area contributed by atoms with Crippen LogP contribution in [-0.4, -0.2) is 15.6 Å². The number of fused-ring (bicyclic) bond motifs is 1. The first-order chi connectivity index (χ1) is 13.6. The van der Waals surface area contributed by atoms with E-state index in [2.05, 4.69) is 48.6 Å². The van der Waals surface area contributed by atoms with Crippen LogP contribution < -0.4 is 5.32 Å². The van der Waals surface area contributed by atoms with Gasteiger partial charge in [0.05, 0.1) is 11.4 Å². The van der Waals surface area contributed by atoms with Crippen LogP contribution in [-0.2, 0) is 4.79 Å². The normalized spacial score (nSPS) is 18.5. The molecule has 2 aromatic carbocycles. The number of hydrogen-bond donors (Lipinski definition) is 1. The second-order valence-electron chi connectivity index (χ2n) is 7.73. The maximum absolute atomic E-state index is 12.9. The summed E-state index contributed by atoms with van der Waals surface area (Å²) in [6, 6.07) is 18.7. The van der Waals surface area contributed by atoms with Crippen LogP contribution in [0.15, 0.2) is 65.9 Å². The van der Waals surface area contributed by atoms with Crippen molar-refractivity contribution < 1.29 is 4.79 Å². The second-order valence-corrected chi connectivity index (χ2v) is 7.73. The van der Waals surface area contributed by atoms with Crippen LogP contribution in [0.4, 0.5) is 5.82 Å². The third-order valence-corrected chi connectivity index (χ3v) is 5.82. The number of hydrogen-bond acceptors (Lipinski definition) is 3. The Morgan fingerprint density at radius 3 is 2.50 bits per heavy atom. The molecular formula is C24H23N3O. The second kappa shape index (κ2) is 6.48. The van der Waals surface area contributed by atoms with Crippen LogP contribution in [0.3, 0.4) is 0 Å². The molecule has 0 unspecified atom stereocenters. The molecule has 1 N–H and O–H groups in total. The van der Waals surface area contributed by atoms with Gasteiger partial charge in [-0.2, -0.15) is 5.10 Å². The monoisotopic (exact) mass is 369 g/mol. The highest BCUT2D eigenvalue weighted by molar-refractivity contribution is 6.01. The fourth-order valence-corrected chi connectivity index (χ4v) is 4.47. The van der Waals surface area contributed by atoms with Gasteiger partial charge in [0.15, 0.2) is 5.78 Å². The molecule has 4 heteroatoms. The number of aromatic nitrogens is 2. The Morgan fingerprint density at radius 1 is 1.00 bits per heavy atom. The summed E-state index contributed by atoms with van der Waals surface area (Å²) in [5, 5.41) is 8.46. The molecule has 0 saturated carbocycles. The van der Waals surface area contributed by atoms with E-state index in [9.17, 15) is 4.79 Å². The Bertz CT molecular complexity index is 1090. The molecule has 3 aromatic rings. The summed E-state index contributed by atoms with van der Waals surface area (Å²) in [6.07, 6.45) is 2.44. The van der Waals surface area contributed by atoms with Gasteiger partial charge in [-0.05, 0) is 44.4 Å². The van der Waals surface area contributed by atoms with Gasteiger partial charge in [0.2, 0.25) is 0 Å². The van der Waals surface area contributed by atoms with E-state index < -0.39 is 0 Å². The number of nitrogens with zero attached hydrogens (tertiary/aromatic N) is 2. The summed E-state index contributed by atoms with van der Waals surface area (Å²) in [4.78, 5) is 12.9. The molecule has 0 saturated heterocycles. The Morgan fingerprint density at radius 2 is 1.75 bits per heavy atom. The van der Waals surface area contributed by atoms with Crippen LogP contribution in [0.1, 0.15) is 47.6 Å². The highest BCUT2D eigenvalue weighted by Gasteiger charge is 2.38. The quantitative estimate of drug-likeness (QED) is 0.687. The zero-order chi connectivity index (χ0) is 19.3.